The van der Waals surface area contributed by atoms with E-state index < -0.39 is 21.7 Å². The smallest absolute Gasteiger partial charge is 0.264 e. The number of nitrogens with zero attached hydrogens (tertiary/aromatic N) is 1. The van der Waals surface area contributed by atoms with E-state index in [0.29, 0.717) is 18.0 Å². The van der Waals surface area contributed by atoms with Gasteiger partial charge in [0.05, 0.1) is 10.6 Å². The number of anilines is 1. The van der Waals surface area contributed by atoms with E-state index in [1.165, 1.54) is 23.3 Å². The minimum atomic E-state index is -4.04. The van der Waals surface area contributed by atoms with Gasteiger partial charge in [0.1, 0.15) is 12.4 Å². The fourth-order valence-electron chi connectivity index (χ4n) is 3.08. The number of amides is 1. The molecular weight excluding hydrogens is 447 g/mol. The highest BCUT2D eigenvalue weighted by atomic mass is 32.2. The van der Waals surface area contributed by atoms with Crippen molar-refractivity contribution in [1.29, 1.82) is 0 Å². The van der Waals surface area contributed by atoms with E-state index in [0.717, 1.165) is 22.2 Å². The summed E-state index contributed by atoms with van der Waals surface area (Å²) in [6.45, 7) is 2.10. The van der Waals surface area contributed by atoms with Crippen molar-refractivity contribution in [3.63, 3.8) is 0 Å². The SMILES string of the molecule is Cc1cccc(CSCCNC(=O)CN(c2ccccc2)S(=O)(=O)c2ccc(F)cc2)c1. The zero-order valence-corrected chi connectivity index (χ0v) is 19.3. The van der Waals surface area contributed by atoms with Crippen LogP contribution < -0.4 is 9.62 Å². The molecule has 0 heterocycles. The summed E-state index contributed by atoms with van der Waals surface area (Å²) < 4.78 is 40.6. The number of nitrogens with one attached hydrogen (secondary N) is 1. The number of hydrogen-bond acceptors (Lipinski definition) is 4. The average Bonchev–Trinajstić information content (AvgIpc) is 2.78. The monoisotopic (exact) mass is 472 g/mol. The maximum Gasteiger partial charge on any atom is 0.264 e. The van der Waals surface area contributed by atoms with Crippen LogP contribution in [0, 0.1) is 12.7 Å². The summed E-state index contributed by atoms with van der Waals surface area (Å²) in [6.07, 6.45) is 0. The van der Waals surface area contributed by atoms with Gasteiger partial charge in [-0.15, -0.1) is 0 Å². The molecule has 1 amide bonds. The first-order chi connectivity index (χ1) is 15.4. The van der Waals surface area contributed by atoms with Gasteiger partial charge in [0.25, 0.3) is 10.0 Å². The van der Waals surface area contributed by atoms with Gasteiger partial charge < -0.3 is 5.32 Å². The van der Waals surface area contributed by atoms with Crippen molar-refractivity contribution in [3.8, 4) is 0 Å². The fourth-order valence-corrected chi connectivity index (χ4v) is 5.31. The molecule has 0 aliphatic rings. The number of hydrogen-bond donors (Lipinski definition) is 1. The van der Waals surface area contributed by atoms with Crippen molar-refractivity contribution in [2.24, 2.45) is 0 Å². The number of para-hydroxylation sites is 1. The van der Waals surface area contributed by atoms with Gasteiger partial charge in [-0.25, -0.2) is 12.8 Å². The quantitative estimate of drug-likeness (QED) is 0.445. The van der Waals surface area contributed by atoms with E-state index >= 15 is 0 Å². The molecule has 5 nitrogen and oxygen atoms in total. The lowest BCUT2D eigenvalue weighted by Crippen LogP contribution is -2.41. The molecule has 3 aromatic rings. The Kier molecular flexibility index (Phi) is 8.30. The molecule has 3 aromatic carbocycles. The Balaban J connectivity index is 1.61. The molecule has 0 fully saturated rings. The third-order valence-electron chi connectivity index (χ3n) is 4.65. The van der Waals surface area contributed by atoms with E-state index in [1.54, 1.807) is 42.1 Å². The predicted molar refractivity (Wildman–Crippen MR) is 128 cm³/mol. The second-order valence-corrected chi connectivity index (χ2v) is 10.2. The Morgan fingerprint density at radius 1 is 1.00 bits per heavy atom. The average molecular weight is 473 g/mol. The molecule has 0 atom stereocenters. The summed E-state index contributed by atoms with van der Waals surface area (Å²) >= 11 is 1.69. The largest absolute Gasteiger partial charge is 0.354 e. The normalized spacial score (nSPS) is 11.2. The van der Waals surface area contributed by atoms with Crippen molar-refractivity contribution in [3.05, 3.63) is 95.8 Å². The first-order valence-electron chi connectivity index (χ1n) is 10.1. The number of aryl methyl sites for hydroxylation is 1. The molecule has 3 rings (SSSR count). The molecule has 0 spiro atoms. The molecule has 168 valence electrons. The number of benzene rings is 3. The second kappa shape index (κ2) is 11.2. The number of thioether (sulfide) groups is 1. The lowest BCUT2D eigenvalue weighted by atomic mass is 10.2. The van der Waals surface area contributed by atoms with Gasteiger partial charge >= 0.3 is 0 Å². The van der Waals surface area contributed by atoms with Crippen LogP contribution >= 0.6 is 11.8 Å². The highest BCUT2D eigenvalue weighted by Gasteiger charge is 2.27. The lowest BCUT2D eigenvalue weighted by molar-refractivity contribution is -0.119. The molecule has 0 saturated carbocycles. The van der Waals surface area contributed by atoms with Crippen LogP contribution in [0.4, 0.5) is 10.1 Å². The van der Waals surface area contributed by atoms with Gasteiger partial charge in [-0.3, -0.25) is 9.10 Å². The van der Waals surface area contributed by atoms with Gasteiger partial charge in [0.2, 0.25) is 5.91 Å². The molecule has 8 heteroatoms. The van der Waals surface area contributed by atoms with Crippen LogP contribution in [0.3, 0.4) is 0 Å². The van der Waals surface area contributed by atoms with E-state index in [9.17, 15) is 17.6 Å². The molecule has 0 unspecified atom stereocenters. The molecule has 32 heavy (non-hydrogen) atoms. The minimum absolute atomic E-state index is 0.0794. The number of carbonyl (C=O) groups is 1. The van der Waals surface area contributed by atoms with Crippen molar-refractivity contribution in [2.45, 2.75) is 17.6 Å². The van der Waals surface area contributed by atoms with Crippen molar-refractivity contribution in [2.75, 3.05) is 23.1 Å². The van der Waals surface area contributed by atoms with Gasteiger partial charge in [-0.2, -0.15) is 11.8 Å². The highest BCUT2D eigenvalue weighted by molar-refractivity contribution is 7.98. The van der Waals surface area contributed by atoms with Crippen LogP contribution in [0.1, 0.15) is 11.1 Å². The van der Waals surface area contributed by atoms with Crippen LogP contribution in [0.15, 0.2) is 83.8 Å². The molecule has 0 aliphatic carbocycles. The maximum atomic E-state index is 13.3. The molecule has 0 aliphatic heterocycles. The van der Waals surface area contributed by atoms with E-state index in [4.69, 9.17) is 0 Å². The van der Waals surface area contributed by atoms with Gasteiger partial charge in [-0.05, 0) is 48.9 Å². The van der Waals surface area contributed by atoms with Crippen LogP contribution in [-0.2, 0) is 20.6 Å². The van der Waals surface area contributed by atoms with Gasteiger partial charge in [0.15, 0.2) is 0 Å². The first-order valence-corrected chi connectivity index (χ1v) is 12.7. The van der Waals surface area contributed by atoms with Crippen molar-refractivity contribution >= 4 is 33.4 Å². The summed E-state index contributed by atoms with van der Waals surface area (Å²) in [6, 6.07) is 21.2. The standard InChI is InChI=1S/C24H25FN2O3S2/c1-19-6-5-7-20(16-19)18-31-15-14-26-24(28)17-27(22-8-3-2-4-9-22)32(29,30)23-12-10-21(25)11-13-23/h2-13,16H,14-15,17-18H2,1H3,(H,26,28). The summed E-state index contributed by atoms with van der Waals surface area (Å²) in [7, 11) is -4.04. The molecule has 0 radical (unpaired) electrons. The summed E-state index contributed by atoms with van der Waals surface area (Å²) in [5.41, 5.74) is 2.79. The Morgan fingerprint density at radius 2 is 1.72 bits per heavy atom. The topological polar surface area (TPSA) is 66.5 Å². The van der Waals surface area contributed by atoms with Gasteiger partial charge in [0, 0.05) is 18.1 Å². The van der Waals surface area contributed by atoms with Crippen LogP contribution in [0.25, 0.3) is 0 Å². The summed E-state index contributed by atoms with van der Waals surface area (Å²) in [4.78, 5) is 12.5. The third kappa shape index (κ3) is 6.58. The van der Waals surface area contributed by atoms with Crippen LogP contribution in [0.5, 0.6) is 0 Å². The molecule has 0 aromatic heterocycles. The van der Waals surface area contributed by atoms with E-state index in [2.05, 4.69) is 17.4 Å². The number of rotatable bonds is 10. The Bertz CT molecular complexity index is 1140. The molecule has 1 N–H and O–H groups in total. The van der Waals surface area contributed by atoms with Crippen molar-refractivity contribution in [1.82, 2.24) is 5.32 Å². The molecule has 0 bridgehead atoms. The van der Waals surface area contributed by atoms with Crippen molar-refractivity contribution < 1.29 is 17.6 Å². The zero-order valence-electron chi connectivity index (χ0n) is 17.7. The third-order valence-corrected chi connectivity index (χ3v) is 7.47. The Morgan fingerprint density at radius 3 is 2.41 bits per heavy atom. The highest BCUT2D eigenvalue weighted by Crippen LogP contribution is 2.23. The lowest BCUT2D eigenvalue weighted by Gasteiger charge is -2.24. The maximum absolute atomic E-state index is 13.3. The second-order valence-electron chi connectivity index (χ2n) is 7.19. The van der Waals surface area contributed by atoms with E-state index in [-0.39, 0.29) is 11.4 Å². The minimum Gasteiger partial charge on any atom is -0.354 e. The molecule has 0 saturated heterocycles. The fraction of sp³-hybridized carbons (Fsp3) is 0.208. The number of halogens is 1. The predicted octanol–water partition coefficient (Wildman–Crippen LogP) is 4.38. The van der Waals surface area contributed by atoms with Gasteiger partial charge in [-0.1, -0.05) is 48.0 Å². The number of carbonyl (C=O) groups excluding carboxylic acids is 1. The summed E-state index contributed by atoms with van der Waals surface area (Å²) in [5, 5.41) is 2.79. The Hall–Kier alpha value is -2.84. The van der Waals surface area contributed by atoms with Crippen LogP contribution in [-0.4, -0.2) is 33.2 Å². The number of sulfonamides is 1. The molecular formula is C24H25FN2O3S2. The van der Waals surface area contributed by atoms with E-state index in [1.807, 2.05) is 19.1 Å². The van der Waals surface area contributed by atoms with Crippen LogP contribution in [0.2, 0.25) is 0 Å². The zero-order chi connectivity index (χ0) is 23.0. The first kappa shape index (κ1) is 23.8. The Labute approximate surface area is 192 Å². The summed E-state index contributed by atoms with van der Waals surface area (Å²) in [5.74, 6) is 0.606.